The van der Waals surface area contributed by atoms with Crippen LogP contribution in [-0.4, -0.2) is 21.0 Å². The fourth-order valence-electron chi connectivity index (χ4n) is 1.61. The lowest BCUT2D eigenvalue weighted by Gasteiger charge is -2.19. The van der Waals surface area contributed by atoms with Crippen molar-refractivity contribution in [3.63, 3.8) is 0 Å². The minimum absolute atomic E-state index is 0.211. The Kier molecular flexibility index (Phi) is 2.88. The van der Waals surface area contributed by atoms with Crippen LogP contribution in [0.1, 0.15) is 26.3 Å². The normalized spacial score (nSPS) is 11.7. The molecule has 0 saturated carbocycles. The number of aromatic nitrogens is 2. The Morgan fingerprint density at radius 3 is 2.88 bits per heavy atom. The zero-order chi connectivity index (χ0) is 12.5. The third kappa shape index (κ3) is 3.06. The lowest BCUT2D eigenvalue weighted by molar-refractivity contribution is -0.153. The largest absolute Gasteiger partial charge is 0.460 e. The summed E-state index contributed by atoms with van der Waals surface area (Å²) in [4.78, 5) is 15.8. The third-order valence-corrected chi connectivity index (χ3v) is 2.22. The maximum absolute atomic E-state index is 11.7. The minimum atomic E-state index is -0.434. The molecule has 0 bridgehead atoms. The van der Waals surface area contributed by atoms with Crippen LogP contribution in [0.25, 0.3) is 5.65 Å². The van der Waals surface area contributed by atoms with E-state index in [1.165, 1.54) is 0 Å². The molecule has 0 N–H and O–H groups in total. The lowest BCUT2D eigenvalue weighted by Crippen LogP contribution is -2.24. The Morgan fingerprint density at radius 2 is 2.18 bits per heavy atom. The fraction of sp³-hybridized carbons (Fsp3) is 0.385. The van der Waals surface area contributed by atoms with Crippen molar-refractivity contribution in [3.05, 3.63) is 36.3 Å². The molecule has 2 aromatic rings. The molecule has 2 heterocycles. The van der Waals surface area contributed by atoms with Gasteiger partial charge in [-0.25, -0.2) is 4.98 Å². The van der Waals surface area contributed by atoms with Gasteiger partial charge in [-0.2, -0.15) is 0 Å². The smallest absolute Gasteiger partial charge is 0.310 e. The number of carbonyl (C=O) groups excluding carboxylic acids is 1. The Bertz CT molecular complexity index is 538. The highest BCUT2D eigenvalue weighted by molar-refractivity contribution is 5.73. The van der Waals surface area contributed by atoms with E-state index in [0.717, 1.165) is 11.2 Å². The number of pyridine rings is 1. The number of imidazole rings is 1. The first kappa shape index (κ1) is 11.6. The summed E-state index contributed by atoms with van der Waals surface area (Å²) in [5, 5.41) is 0. The number of hydrogen-bond donors (Lipinski definition) is 0. The number of ether oxygens (including phenoxy) is 1. The molecule has 0 fully saturated rings. The van der Waals surface area contributed by atoms with Crippen LogP contribution in [-0.2, 0) is 16.0 Å². The third-order valence-electron chi connectivity index (χ3n) is 2.22. The molecule has 0 aromatic carbocycles. The van der Waals surface area contributed by atoms with Gasteiger partial charge in [-0.15, -0.1) is 0 Å². The van der Waals surface area contributed by atoms with Crippen molar-refractivity contribution in [1.82, 2.24) is 9.38 Å². The van der Waals surface area contributed by atoms with Crippen LogP contribution in [0, 0.1) is 0 Å². The van der Waals surface area contributed by atoms with Crippen molar-refractivity contribution in [2.45, 2.75) is 32.8 Å². The highest BCUT2D eigenvalue weighted by Crippen LogP contribution is 2.11. The average Bonchev–Trinajstić information content (AvgIpc) is 2.61. The van der Waals surface area contributed by atoms with Gasteiger partial charge in [0.2, 0.25) is 0 Å². The summed E-state index contributed by atoms with van der Waals surface area (Å²) in [6.45, 7) is 5.60. The van der Waals surface area contributed by atoms with Crippen LogP contribution >= 0.6 is 0 Å². The van der Waals surface area contributed by atoms with E-state index >= 15 is 0 Å². The van der Waals surface area contributed by atoms with E-state index in [0.29, 0.717) is 0 Å². The molecule has 0 spiro atoms. The predicted octanol–water partition coefficient (Wildman–Crippen LogP) is 2.22. The second kappa shape index (κ2) is 4.20. The van der Waals surface area contributed by atoms with E-state index in [-0.39, 0.29) is 12.4 Å². The Balaban J connectivity index is 2.10. The number of rotatable bonds is 2. The van der Waals surface area contributed by atoms with Gasteiger partial charge < -0.3 is 9.14 Å². The molecular weight excluding hydrogens is 216 g/mol. The van der Waals surface area contributed by atoms with Crippen LogP contribution in [0.4, 0.5) is 0 Å². The summed E-state index contributed by atoms with van der Waals surface area (Å²) in [5.41, 5.74) is 1.36. The van der Waals surface area contributed by atoms with Crippen LogP contribution in [0.15, 0.2) is 30.7 Å². The standard InChI is InChI=1S/C13H16N2O2/c1-13(2,3)17-12(16)8-10-4-5-11-14-6-7-15(11)9-10/h4-7,9H,8H2,1-3H3. The van der Waals surface area contributed by atoms with Crippen LogP contribution < -0.4 is 0 Å². The van der Waals surface area contributed by atoms with Crippen molar-refractivity contribution in [1.29, 1.82) is 0 Å². The van der Waals surface area contributed by atoms with Gasteiger partial charge in [-0.3, -0.25) is 4.79 Å². The first-order chi connectivity index (χ1) is 7.94. The molecule has 0 amide bonds. The predicted molar refractivity (Wildman–Crippen MR) is 64.7 cm³/mol. The summed E-state index contributed by atoms with van der Waals surface area (Å²) < 4.78 is 7.16. The molecule has 0 aliphatic heterocycles. The molecule has 0 saturated heterocycles. The van der Waals surface area contributed by atoms with Crippen LogP contribution in [0.3, 0.4) is 0 Å². The lowest BCUT2D eigenvalue weighted by atomic mass is 10.1. The topological polar surface area (TPSA) is 43.6 Å². The molecule has 90 valence electrons. The van der Waals surface area contributed by atoms with Crippen molar-refractivity contribution in [2.24, 2.45) is 0 Å². The monoisotopic (exact) mass is 232 g/mol. The molecule has 4 heteroatoms. The first-order valence-corrected chi connectivity index (χ1v) is 5.57. The molecule has 0 radical (unpaired) electrons. The minimum Gasteiger partial charge on any atom is -0.460 e. The number of esters is 1. The maximum atomic E-state index is 11.7. The van der Waals surface area contributed by atoms with Gasteiger partial charge in [0, 0.05) is 18.6 Å². The van der Waals surface area contributed by atoms with Crippen molar-refractivity contribution in [3.8, 4) is 0 Å². The number of carbonyl (C=O) groups is 1. The molecule has 4 nitrogen and oxygen atoms in total. The summed E-state index contributed by atoms with van der Waals surface area (Å²) in [5.74, 6) is -0.211. The van der Waals surface area contributed by atoms with E-state index < -0.39 is 5.60 Å². The Labute approximate surface area is 100 Å². The van der Waals surface area contributed by atoms with E-state index in [1.807, 2.05) is 49.7 Å². The van der Waals surface area contributed by atoms with Gasteiger partial charge >= 0.3 is 5.97 Å². The quantitative estimate of drug-likeness (QED) is 0.746. The molecule has 0 unspecified atom stereocenters. The van der Waals surface area contributed by atoms with Crippen molar-refractivity contribution >= 4 is 11.6 Å². The number of fused-ring (bicyclic) bond motifs is 1. The summed E-state index contributed by atoms with van der Waals surface area (Å²) >= 11 is 0. The number of nitrogens with zero attached hydrogens (tertiary/aromatic N) is 2. The second-order valence-corrected chi connectivity index (χ2v) is 4.99. The molecule has 0 aliphatic rings. The van der Waals surface area contributed by atoms with Gasteiger partial charge in [0.25, 0.3) is 0 Å². The zero-order valence-corrected chi connectivity index (χ0v) is 10.3. The van der Waals surface area contributed by atoms with Gasteiger partial charge in [-0.05, 0) is 32.4 Å². The second-order valence-electron chi connectivity index (χ2n) is 4.99. The SMILES string of the molecule is CC(C)(C)OC(=O)Cc1ccc2nccn2c1. The molecule has 2 rings (SSSR count). The summed E-state index contributed by atoms with van der Waals surface area (Å²) in [7, 11) is 0. The Morgan fingerprint density at radius 1 is 1.41 bits per heavy atom. The van der Waals surface area contributed by atoms with E-state index in [1.54, 1.807) is 6.20 Å². The zero-order valence-electron chi connectivity index (χ0n) is 10.3. The molecule has 0 atom stereocenters. The van der Waals surface area contributed by atoms with E-state index in [4.69, 9.17) is 4.74 Å². The van der Waals surface area contributed by atoms with Gasteiger partial charge in [0.05, 0.1) is 6.42 Å². The highest BCUT2D eigenvalue weighted by atomic mass is 16.6. The van der Waals surface area contributed by atoms with Crippen LogP contribution in [0.5, 0.6) is 0 Å². The van der Waals surface area contributed by atoms with E-state index in [2.05, 4.69) is 4.98 Å². The summed E-state index contributed by atoms with van der Waals surface area (Å²) in [6, 6.07) is 3.78. The molecule has 2 aromatic heterocycles. The molecule has 0 aliphatic carbocycles. The van der Waals surface area contributed by atoms with Crippen molar-refractivity contribution in [2.75, 3.05) is 0 Å². The first-order valence-electron chi connectivity index (χ1n) is 5.57. The average molecular weight is 232 g/mol. The van der Waals surface area contributed by atoms with Gasteiger partial charge in [0.1, 0.15) is 11.2 Å². The van der Waals surface area contributed by atoms with Gasteiger partial charge in [0.15, 0.2) is 0 Å². The highest BCUT2D eigenvalue weighted by Gasteiger charge is 2.16. The molecule has 17 heavy (non-hydrogen) atoms. The van der Waals surface area contributed by atoms with Crippen LogP contribution in [0.2, 0.25) is 0 Å². The number of hydrogen-bond acceptors (Lipinski definition) is 3. The Hall–Kier alpha value is -1.84. The maximum Gasteiger partial charge on any atom is 0.310 e. The fourth-order valence-corrected chi connectivity index (χ4v) is 1.61. The molecular formula is C13H16N2O2. The summed E-state index contributed by atoms with van der Waals surface area (Å²) in [6.07, 6.45) is 5.76. The van der Waals surface area contributed by atoms with Crippen molar-refractivity contribution < 1.29 is 9.53 Å². The van der Waals surface area contributed by atoms with Gasteiger partial charge in [-0.1, -0.05) is 6.07 Å². The van der Waals surface area contributed by atoms with E-state index in [9.17, 15) is 4.79 Å².